The summed E-state index contributed by atoms with van der Waals surface area (Å²) in [5, 5.41) is 0. The molecular weight excluding hydrogens is 418 g/mol. The minimum Gasteiger partial charge on any atom is -0.376 e. The molecule has 3 rings (SSSR count). The van der Waals surface area contributed by atoms with Crippen LogP contribution in [0, 0.1) is 5.92 Å². The van der Waals surface area contributed by atoms with Crippen molar-refractivity contribution in [3.63, 3.8) is 0 Å². The van der Waals surface area contributed by atoms with E-state index in [9.17, 15) is 26.3 Å². The molecule has 0 fully saturated rings. The molecule has 2 unspecified atom stereocenters. The summed E-state index contributed by atoms with van der Waals surface area (Å²) in [7, 11) is 0. The maximum Gasteiger partial charge on any atom is 0.416 e. The van der Waals surface area contributed by atoms with Gasteiger partial charge in [0.2, 0.25) is 0 Å². The normalized spacial score (nSPS) is 19.7. The molecule has 0 bridgehead atoms. The zero-order valence-corrected chi connectivity index (χ0v) is 16.8. The third kappa shape index (κ3) is 5.79. The zero-order valence-electron chi connectivity index (χ0n) is 16.8. The molecule has 0 N–H and O–H groups in total. The first-order valence-corrected chi connectivity index (χ1v) is 9.84. The fourth-order valence-electron chi connectivity index (χ4n) is 3.81. The van der Waals surface area contributed by atoms with Crippen LogP contribution in [0.3, 0.4) is 0 Å². The van der Waals surface area contributed by atoms with Crippen LogP contribution in [0.2, 0.25) is 0 Å². The number of rotatable bonds is 6. The first-order chi connectivity index (χ1) is 14.6. The van der Waals surface area contributed by atoms with E-state index in [1.807, 2.05) is 30.3 Å². The van der Waals surface area contributed by atoms with Gasteiger partial charge in [0.05, 0.1) is 18.8 Å². The van der Waals surface area contributed by atoms with Crippen molar-refractivity contribution in [2.24, 2.45) is 5.92 Å². The molecule has 1 aliphatic rings. The van der Waals surface area contributed by atoms with Crippen LogP contribution in [0.5, 0.6) is 0 Å². The summed E-state index contributed by atoms with van der Waals surface area (Å²) in [5.74, 6) is -2.22. The molecule has 0 saturated carbocycles. The molecule has 2 aromatic rings. The van der Waals surface area contributed by atoms with Crippen molar-refractivity contribution in [2.75, 3.05) is 13.2 Å². The Morgan fingerprint density at radius 2 is 1.48 bits per heavy atom. The molecule has 0 saturated heterocycles. The first kappa shape index (κ1) is 23.1. The van der Waals surface area contributed by atoms with Crippen LogP contribution in [0.15, 0.2) is 77.9 Å². The van der Waals surface area contributed by atoms with Gasteiger partial charge < -0.3 is 4.74 Å². The average molecular weight is 440 g/mol. The van der Waals surface area contributed by atoms with Crippen molar-refractivity contribution in [3.8, 4) is 0 Å². The van der Waals surface area contributed by atoms with E-state index in [0.29, 0.717) is 6.42 Å². The molecular formula is C24H22F6O. The first-order valence-electron chi connectivity index (χ1n) is 9.84. The van der Waals surface area contributed by atoms with Crippen molar-refractivity contribution < 1.29 is 31.1 Å². The molecule has 1 nitrogen and oxygen atoms in total. The second-order valence-electron chi connectivity index (χ2n) is 7.53. The van der Waals surface area contributed by atoms with Crippen LogP contribution < -0.4 is 0 Å². The van der Waals surface area contributed by atoms with Crippen LogP contribution in [0.1, 0.15) is 29.5 Å². The fourth-order valence-corrected chi connectivity index (χ4v) is 3.81. The van der Waals surface area contributed by atoms with E-state index in [1.165, 1.54) is 31.2 Å². The molecule has 0 amide bonds. The van der Waals surface area contributed by atoms with E-state index in [1.54, 1.807) is 0 Å². The van der Waals surface area contributed by atoms with Crippen LogP contribution in [-0.4, -0.2) is 19.4 Å². The summed E-state index contributed by atoms with van der Waals surface area (Å²) in [5.41, 5.74) is -0.689. The third-order valence-electron chi connectivity index (χ3n) is 5.36. The Balaban J connectivity index is 1.84. The SMILES string of the molecule is CC1C(C(F)(F)F)=CC(COCCc2ccccc2)=CC1c1ccccc1C(F)(F)F. The average Bonchev–Trinajstić information content (AvgIpc) is 2.71. The summed E-state index contributed by atoms with van der Waals surface area (Å²) in [6, 6.07) is 14.2. The molecule has 0 aromatic heterocycles. The number of allylic oxidation sites excluding steroid dienone is 2. The predicted molar refractivity (Wildman–Crippen MR) is 107 cm³/mol. The fraction of sp³-hybridized carbons (Fsp3) is 0.333. The largest absolute Gasteiger partial charge is 0.416 e. The maximum absolute atomic E-state index is 13.6. The molecule has 166 valence electrons. The minimum absolute atomic E-state index is 0.107. The lowest BCUT2D eigenvalue weighted by atomic mass is 9.75. The van der Waals surface area contributed by atoms with Gasteiger partial charge in [-0.25, -0.2) is 0 Å². The number of hydrogen-bond donors (Lipinski definition) is 0. The molecule has 31 heavy (non-hydrogen) atoms. The maximum atomic E-state index is 13.6. The summed E-state index contributed by atoms with van der Waals surface area (Å²) in [6.07, 6.45) is -6.25. The Morgan fingerprint density at radius 1 is 0.839 bits per heavy atom. The topological polar surface area (TPSA) is 9.23 Å². The van der Waals surface area contributed by atoms with Crippen molar-refractivity contribution in [1.82, 2.24) is 0 Å². The number of alkyl halides is 6. The van der Waals surface area contributed by atoms with E-state index in [2.05, 4.69) is 0 Å². The van der Waals surface area contributed by atoms with Gasteiger partial charge in [0.1, 0.15) is 0 Å². The molecule has 2 aromatic carbocycles. The second-order valence-corrected chi connectivity index (χ2v) is 7.53. The Kier molecular flexibility index (Phi) is 6.94. The summed E-state index contributed by atoms with van der Waals surface area (Å²) < 4.78 is 86.9. The Morgan fingerprint density at radius 3 is 2.13 bits per heavy atom. The lowest BCUT2D eigenvalue weighted by molar-refractivity contribution is -0.138. The van der Waals surface area contributed by atoms with Crippen LogP contribution in [0.4, 0.5) is 26.3 Å². The third-order valence-corrected chi connectivity index (χ3v) is 5.36. The van der Waals surface area contributed by atoms with E-state index in [4.69, 9.17) is 4.74 Å². The number of hydrogen-bond acceptors (Lipinski definition) is 1. The number of halogens is 6. The van der Waals surface area contributed by atoms with Crippen LogP contribution in [0.25, 0.3) is 0 Å². The molecule has 0 heterocycles. The quantitative estimate of drug-likeness (QED) is 0.344. The van der Waals surface area contributed by atoms with E-state index in [0.717, 1.165) is 17.7 Å². The highest BCUT2D eigenvalue weighted by Crippen LogP contribution is 2.46. The van der Waals surface area contributed by atoms with E-state index < -0.39 is 35.3 Å². The monoisotopic (exact) mass is 440 g/mol. The summed E-state index contributed by atoms with van der Waals surface area (Å²) in [4.78, 5) is 0. The molecule has 2 atom stereocenters. The van der Waals surface area contributed by atoms with Gasteiger partial charge in [-0.1, -0.05) is 61.5 Å². The minimum atomic E-state index is -4.66. The zero-order chi connectivity index (χ0) is 22.6. The van der Waals surface area contributed by atoms with Crippen molar-refractivity contribution >= 4 is 0 Å². The Labute approximate surface area is 177 Å². The van der Waals surface area contributed by atoms with Gasteiger partial charge in [0, 0.05) is 11.5 Å². The molecule has 0 aliphatic heterocycles. The standard InChI is InChI=1S/C24H22F6O/c1-16-20(19-9-5-6-10-21(19)23(25,26)27)13-18(14-22(16)24(28,29)30)15-31-12-11-17-7-3-2-4-8-17/h2-10,13-14,16,20H,11-12,15H2,1H3. The van der Waals surface area contributed by atoms with Crippen molar-refractivity contribution in [2.45, 2.75) is 31.6 Å². The van der Waals surface area contributed by atoms with Gasteiger partial charge in [-0.2, -0.15) is 26.3 Å². The van der Waals surface area contributed by atoms with Crippen molar-refractivity contribution in [1.29, 1.82) is 0 Å². The van der Waals surface area contributed by atoms with Crippen LogP contribution >= 0.6 is 0 Å². The smallest absolute Gasteiger partial charge is 0.376 e. The van der Waals surface area contributed by atoms with E-state index in [-0.39, 0.29) is 24.4 Å². The molecule has 1 aliphatic carbocycles. The van der Waals surface area contributed by atoms with Gasteiger partial charge >= 0.3 is 12.4 Å². The van der Waals surface area contributed by atoms with Gasteiger partial charge in [-0.05, 0) is 41.2 Å². The van der Waals surface area contributed by atoms with E-state index >= 15 is 0 Å². The van der Waals surface area contributed by atoms with Crippen molar-refractivity contribution in [3.05, 3.63) is 94.6 Å². The summed E-state index contributed by atoms with van der Waals surface area (Å²) in [6.45, 7) is 1.49. The number of benzene rings is 2. The second kappa shape index (κ2) is 9.30. The molecule has 7 heteroatoms. The van der Waals surface area contributed by atoms with Gasteiger partial charge in [0.15, 0.2) is 0 Å². The lowest BCUT2D eigenvalue weighted by Gasteiger charge is -2.31. The highest BCUT2D eigenvalue weighted by molar-refractivity contribution is 5.44. The Hall–Kier alpha value is -2.54. The van der Waals surface area contributed by atoms with Gasteiger partial charge in [0.25, 0.3) is 0 Å². The molecule has 0 spiro atoms. The number of ether oxygens (including phenoxy) is 1. The predicted octanol–water partition coefficient (Wildman–Crippen LogP) is 7.11. The highest BCUT2D eigenvalue weighted by atomic mass is 19.4. The highest BCUT2D eigenvalue weighted by Gasteiger charge is 2.43. The summed E-state index contributed by atoms with van der Waals surface area (Å²) >= 11 is 0. The van der Waals surface area contributed by atoms with Crippen LogP contribution in [-0.2, 0) is 17.3 Å². The molecule has 0 radical (unpaired) electrons. The lowest BCUT2D eigenvalue weighted by Crippen LogP contribution is -2.27. The van der Waals surface area contributed by atoms with Gasteiger partial charge in [-0.3, -0.25) is 0 Å². The Bertz CT molecular complexity index is 941. The van der Waals surface area contributed by atoms with Gasteiger partial charge in [-0.15, -0.1) is 0 Å².